The second-order valence-corrected chi connectivity index (χ2v) is 5.59. The largest absolute Gasteiger partial charge is 0.366 e. The number of thiazole rings is 1. The van der Waals surface area contributed by atoms with Crippen molar-refractivity contribution in [2.75, 3.05) is 5.32 Å². The van der Waals surface area contributed by atoms with Crippen molar-refractivity contribution >= 4 is 50.2 Å². The summed E-state index contributed by atoms with van der Waals surface area (Å²) in [5.74, 6) is -1.05. The van der Waals surface area contributed by atoms with Crippen molar-refractivity contribution in [1.29, 1.82) is 0 Å². The third-order valence-electron chi connectivity index (χ3n) is 2.72. The van der Waals surface area contributed by atoms with Crippen LogP contribution < -0.4 is 11.1 Å². The fourth-order valence-electron chi connectivity index (χ4n) is 1.68. The summed E-state index contributed by atoms with van der Waals surface area (Å²) in [7, 11) is 0. The molecular weight excluding hydrogens is 326 g/mol. The van der Waals surface area contributed by atoms with E-state index in [1.54, 1.807) is 12.1 Å². The van der Waals surface area contributed by atoms with Crippen molar-refractivity contribution in [3.8, 4) is 0 Å². The molecule has 0 radical (unpaired) electrons. The van der Waals surface area contributed by atoms with Crippen LogP contribution in [-0.4, -0.2) is 26.8 Å². The second-order valence-electron chi connectivity index (χ2n) is 4.23. The van der Waals surface area contributed by atoms with Gasteiger partial charge in [0.05, 0.1) is 5.56 Å². The zero-order valence-corrected chi connectivity index (χ0v) is 12.5. The van der Waals surface area contributed by atoms with E-state index in [2.05, 4.69) is 20.3 Å². The molecule has 0 saturated heterocycles. The van der Waals surface area contributed by atoms with Crippen LogP contribution >= 0.6 is 22.9 Å². The standard InChI is InChI=1S/C13H8ClN5O2S/c14-9-4-3-8-12(18-9)22-13(17-8)19-11(21)7-2-1-6(5-16-7)10(15)20/h1-5H,(H2,15,20)(H,17,19,21). The Morgan fingerprint density at radius 1 is 1.18 bits per heavy atom. The van der Waals surface area contributed by atoms with Gasteiger partial charge in [-0.2, -0.15) is 0 Å². The SMILES string of the molecule is NC(=O)c1ccc(C(=O)Nc2nc3ccc(Cl)nc3s2)nc1. The van der Waals surface area contributed by atoms with E-state index in [0.29, 0.717) is 20.6 Å². The first-order valence-corrected chi connectivity index (χ1v) is 7.22. The molecule has 0 aliphatic carbocycles. The van der Waals surface area contributed by atoms with E-state index in [1.807, 2.05) is 0 Å². The number of aromatic nitrogens is 3. The Hall–Kier alpha value is -2.58. The van der Waals surface area contributed by atoms with E-state index >= 15 is 0 Å². The van der Waals surface area contributed by atoms with Crippen molar-refractivity contribution in [3.63, 3.8) is 0 Å². The second kappa shape index (κ2) is 5.66. The van der Waals surface area contributed by atoms with Gasteiger partial charge in [-0.05, 0) is 24.3 Å². The summed E-state index contributed by atoms with van der Waals surface area (Å²) in [6, 6.07) is 6.19. The van der Waals surface area contributed by atoms with Gasteiger partial charge in [0, 0.05) is 6.20 Å². The smallest absolute Gasteiger partial charge is 0.276 e. The van der Waals surface area contributed by atoms with Gasteiger partial charge in [0.25, 0.3) is 5.91 Å². The lowest BCUT2D eigenvalue weighted by Crippen LogP contribution is -2.15. The number of fused-ring (bicyclic) bond motifs is 1. The lowest BCUT2D eigenvalue weighted by molar-refractivity contribution is 0.0993. The maximum Gasteiger partial charge on any atom is 0.276 e. The normalized spacial score (nSPS) is 10.6. The summed E-state index contributed by atoms with van der Waals surface area (Å²) in [6.45, 7) is 0. The monoisotopic (exact) mass is 333 g/mol. The number of pyridine rings is 2. The van der Waals surface area contributed by atoms with Crippen LogP contribution in [-0.2, 0) is 0 Å². The van der Waals surface area contributed by atoms with Gasteiger partial charge in [-0.1, -0.05) is 22.9 Å². The number of nitrogens with one attached hydrogen (secondary N) is 1. The van der Waals surface area contributed by atoms with Crippen LogP contribution in [0.15, 0.2) is 30.5 Å². The minimum absolute atomic E-state index is 0.148. The van der Waals surface area contributed by atoms with Crippen LogP contribution in [0.1, 0.15) is 20.8 Å². The van der Waals surface area contributed by atoms with E-state index in [4.69, 9.17) is 17.3 Å². The van der Waals surface area contributed by atoms with E-state index in [9.17, 15) is 9.59 Å². The molecule has 110 valence electrons. The van der Waals surface area contributed by atoms with Gasteiger partial charge >= 0.3 is 0 Å². The molecule has 3 rings (SSSR count). The molecule has 7 nitrogen and oxygen atoms in total. The Morgan fingerprint density at radius 3 is 2.68 bits per heavy atom. The molecule has 0 aliphatic rings. The molecule has 0 aliphatic heterocycles. The molecule has 3 heterocycles. The van der Waals surface area contributed by atoms with Crippen molar-refractivity contribution < 1.29 is 9.59 Å². The van der Waals surface area contributed by atoms with Gasteiger partial charge in [-0.15, -0.1) is 0 Å². The molecule has 3 N–H and O–H groups in total. The Kier molecular flexibility index (Phi) is 3.70. The van der Waals surface area contributed by atoms with Gasteiger partial charge in [-0.25, -0.2) is 9.97 Å². The molecule has 0 bridgehead atoms. The van der Waals surface area contributed by atoms with E-state index in [1.165, 1.54) is 29.7 Å². The molecule has 0 unspecified atom stereocenters. The molecule has 0 atom stereocenters. The zero-order chi connectivity index (χ0) is 15.7. The molecule has 9 heteroatoms. The van der Waals surface area contributed by atoms with Crippen LogP contribution in [0.4, 0.5) is 5.13 Å². The fourth-order valence-corrected chi connectivity index (χ4v) is 2.71. The van der Waals surface area contributed by atoms with Crippen molar-refractivity contribution in [2.45, 2.75) is 0 Å². The number of rotatable bonds is 3. The van der Waals surface area contributed by atoms with Crippen molar-refractivity contribution in [1.82, 2.24) is 15.0 Å². The van der Waals surface area contributed by atoms with Gasteiger partial charge in [0.15, 0.2) is 5.13 Å². The third kappa shape index (κ3) is 2.87. The highest BCUT2D eigenvalue weighted by Gasteiger charge is 2.12. The van der Waals surface area contributed by atoms with Crippen LogP contribution in [0.3, 0.4) is 0 Å². The molecule has 0 fully saturated rings. The predicted octanol–water partition coefficient (Wildman–Crippen LogP) is 2.09. The molecule has 2 amide bonds. The number of nitrogens with zero attached hydrogens (tertiary/aromatic N) is 3. The number of carbonyl (C=O) groups is 2. The molecule has 22 heavy (non-hydrogen) atoms. The maximum absolute atomic E-state index is 12.1. The average molecular weight is 334 g/mol. The minimum atomic E-state index is -0.603. The molecule has 0 spiro atoms. The van der Waals surface area contributed by atoms with E-state index in [-0.39, 0.29) is 11.3 Å². The van der Waals surface area contributed by atoms with Crippen LogP contribution in [0, 0.1) is 0 Å². The highest BCUT2D eigenvalue weighted by molar-refractivity contribution is 7.22. The van der Waals surface area contributed by atoms with E-state index in [0.717, 1.165) is 0 Å². The molecule has 0 aromatic carbocycles. The number of anilines is 1. The number of amides is 2. The van der Waals surface area contributed by atoms with E-state index < -0.39 is 11.8 Å². The highest BCUT2D eigenvalue weighted by Crippen LogP contribution is 2.25. The van der Waals surface area contributed by atoms with Crippen LogP contribution in [0.5, 0.6) is 0 Å². The molecule has 0 saturated carbocycles. The summed E-state index contributed by atoms with van der Waals surface area (Å²) in [5.41, 5.74) is 6.13. The number of primary amides is 1. The minimum Gasteiger partial charge on any atom is -0.366 e. The molecule has 3 aromatic rings. The Labute approximate surface area is 133 Å². The van der Waals surface area contributed by atoms with Crippen molar-refractivity contribution in [2.24, 2.45) is 5.73 Å². The molecule has 3 aromatic heterocycles. The number of nitrogens with two attached hydrogens (primary N) is 1. The van der Waals surface area contributed by atoms with Gasteiger partial charge < -0.3 is 5.73 Å². The quantitative estimate of drug-likeness (QED) is 0.713. The summed E-state index contributed by atoms with van der Waals surface area (Å²) in [5, 5.41) is 3.37. The first-order valence-electron chi connectivity index (χ1n) is 6.03. The van der Waals surface area contributed by atoms with Crippen molar-refractivity contribution in [3.05, 3.63) is 46.9 Å². The predicted molar refractivity (Wildman–Crippen MR) is 83.1 cm³/mol. The summed E-state index contributed by atoms with van der Waals surface area (Å²) in [4.78, 5) is 35.9. The third-order valence-corrected chi connectivity index (χ3v) is 3.81. The number of carbonyl (C=O) groups excluding carboxylic acids is 2. The topological polar surface area (TPSA) is 111 Å². The van der Waals surface area contributed by atoms with Crippen LogP contribution in [0.25, 0.3) is 10.3 Å². The summed E-state index contributed by atoms with van der Waals surface area (Å²) < 4.78 is 0. The zero-order valence-electron chi connectivity index (χ0n) is 10.9. The summed E-state index contributed by atoms with van der Waals surface area (Å²) >= 11 is 7.00. The number of hydrogen-bond donors (Lipinski definition) is 2. The van der Waals surface area contributed by atoms with Gasteiger partial charge in [0.2, 0.25) is 5.91 Å². The van der Waals surface area contributed by atoms with Gasteiger partial charge in [0.1, 0.15) is 21.2 Å². The maximum atomic E-state index is 12.1. The molecular formula is C13H8ClN5O2S. The fraction of sp³-hybridized carbons (Fsp3) is 0. The Bertz CT molecular complexity index is 878. The number of hydrogen-bond acceptors (Lipinski definition) is 6. The Balaban J connectivity index is 1.81. The number of halogens is 1. The highest BCUT2D eigenvalue weighted by atomic mass is 35.5. The summed E-state index contributed by atoms with van der Waals surface area (Å²) in [6.07, 6.45) is 1.25. The lowest BCUT2D eigenvalue weighted by Gasteiger charge is -2.01. The average Bonchev–Trinajstić information content (AvgIpc) is 2.88. The first-order chi connectivity index (χ1) is 10.5. The van der Waals surface area contributed by atoms with Gasteiger partial charge in [-0.3, -0.25) is 19.9 Å². The lowest BCUT2D eigenvalue weighted by atomic mass is 10.2. The first kappa shape index (κ1) is 14.4. The van der Waals surface area contributed by atoms with Crippen LogP contribution in [0.2, 0.25) is 5.15 Å². The Morgan fingerprint density at radius 2 is 2.00 bits per heavy atom.